The van der Waals surface area contributed by atoms with Crippen LogP contribution in [-0.4, -0.2) is 0 Å². The molecule has 0 radical (unpaired) electrons. The minimum Gasteiger partial charge on any atom is -0.0859 e. The smallest absolute Gasteiger partial charge is 0.0163 e. The molecule has 0 aromatic carbocycles. The Kier molecular flexibility index (Phi) is 30.6. The zero-order chi connectivity index (χ0) is 13.2. The minimum atomic E-state index is 1.14. The summed E-state index contributed by atoms with van der Waals surface area (Å²) < 4.78 is 0. The summed E-state index contributed by atoms with van der Waals surface area (Å²) in [7, 11) is 0. The van der Waals surface area contributed by atoms with Gasteiger partial charge in [-0.25, -0.2) is 0 Å². The molecular formula is C16H32. The van der Waals surface area contributed by atoms with Crippen molar-refractivity contribution in [1.82, 2.24) is 0 Å². The monoisotopic (exact) mass is 224 g/mol. The molecule has 0 fully saturated rings. The standard InChI is InChI=1S/C7H14.C5H6.2C2H6/c1-4-5-6-7(2)3;1-2-4-5-3-1;2*1-2/h6H,4-5H2,1-3H3;1-4H,5H2;2*1-2H3. The van der Waals surface area contributed by atoms with Gasteiger partial charge >= 0.3 is 0 Å². The van der Waals surface area contributed by atoms with Crippen molar-refractivity contribution in [3.05, 3.63) is 36.0 Å². The summed E-state index contributed by atoms with van der Waals surface area (Å²) in [5.41, 5.74) is 1.43. The van der Waals surface area contributed by atoms with Crippen LogP contribution in [0.25, 0.3) is 0 Å². The first-order chi connectivity index (χ1) is 7.77. The lowest BCUT2D eigenvalue weighted by molar-refractivity contribution is 0.948. The van der Waals surface area contributed by atoms with E-state index in [0.29, 0.717) is 0 Å². The molecule has 96 valence electrons. The van der Waals surface area contributed by atoms with Gasteiger partial charge in [0.1, 0.15) is 0 Å². The van der Waals surface area contributed by atoms with Crippen molar-refractivity contribution in [1.29, 1.82) is 0 Å². The summed E-state index contributed by atoms with van der Waals surface area (Å²) in [4.78, 5) is 0. The molecule has 1 rings (SSSR count). The van der Waals surface area contributed by atoms with Gasteiger partial charge in [-0.3, -0.25) is 0 Å². The molecule has 0 heteroatoms. The van der Waals surface area contributed by atoms with E-state index in [9.17, 15) is 0 Å². The molecule has 0 nitrogen and oxygen atoms in total. The lowest BCUT2D eigenvalue weighted by Gasteiger charge is -1.85. The Hall–Kier alpha value is -0.780. The molecule has 0 saturated heterocycles. The van der Waals surface area contributed by atoms with Gasteiger partial charge in [-0.1, -0.05) is 77.0 Å². The van der Waals surface area contributed by atoms with Crippen molar-refractivity contribution in [3.63, 3.8) is 0 Å². The second-order valence-corrected chi connectivity index (χ2v) is 3.16. The third-order valence-electron chi connectivity index (χ3n) is 1.50. The first-order valence-corrected chi connectivity index (χ1v) is 6.72. The topological polar surface area (TPSA) is 0 Å². The fraction of sp³-hybridized carbons (Fsp3) is 0.625. The number of hydrogen-bond donors (Lipinski definition) is 0. The van der Waals surface area contributed by atoms with E-state index in [-0.39, 0.29) is 0 Å². The van der Waals surface area contributed by atoms with Gasteiger partial charge in [0.2, 0.25) is 0 Å². The van der Waals surface area contributed by atoms with E-state index in [0.717, 1.165) is 6.42 Å². The quantitative estimate of drug-likeness (QED) is 0.482. The Labute approximate surface area is 104 Å². The molecule has 16 heavy (non-hydrogen) atoms. The van der Waals surface area contributed by atoms with Crippen LogP contribution in [0.4, 0.5) is 0 Å². The lowest BCUT2D eigenvalue weighted by atomic mass is 10.2. The van der Waals surface area contributed by atoms with E-state index >= 15 is 0 Å². The molecule has 0 spiro atoms. The predicted molar refractivity (Wildman–Crippen MR) is 79.9 cm³/mol. The average Bonchev–Trinajstić information content (AvgIpc) is 2.90. The van der Waals surface area contributed by atoms with Crippen molar-refractivity contribution < 1.29 is 0 Å². The van der Waals surface area contributed by atoms with E-state index in [1.54, 1.807) is 0 Å². The highest BCUT2D eigenvalue weighted by molar-refractivity contribution is 5.11. The Morgan fingerprint density at radius 2 is 1.44 bits per heavy atom. The van der Waals surface area contributed by atoms with Crippen molar-refractivity contribution in [3.8, 4) is 0 Å². The van der Waals surface area contributed by atoms with Gasteiger partial charge in [-0.05, 0) is 26.7 Å². The number of hydrogen-bond acceptors (Lipinski definition) is 0. The second-order valence-electron chi connectivity index (χ2n) is 3.16. The molecule has 0 aromatic heterocycles. The molecule has 1 aliphatic carbocycles. The molecule has 1 aliphatic rings. The summed E-state index contributed by atoms with van der Waals surface area (Å²) in [6, 6.07) is 0. The van der Waals surface area contributed by atoms with Gasteiger partial charge in [-0.2, -0.15) is 0 Å². The Balaban J connectivity index is -0.000000164. The molecule has 0 aromatic rings. The van der Waals surface area contributed by atoms with Gasteiger partial charge in [0.15, 0.2) is 0 Å². The van der Waals surface area contributed by atoms with Crippen LogP contribution in [0, 0.1) is 0 Å². The minimum absolute atomic E-state index is 1.14. The summed E-state index contributed by atoms with van der Waals surface area (Å²) in [6.45, 7) is 14.5. The predicted octanol–water partition coefficient (Wildman–Crippen LogP) is 6.31. The maximum absolute atomic E-state index is 2.26. The zero-order valence-corrected chi connectivity index (χ0v) is 12.5. The summed E-state index contributed by atoms with van der Waals surface area (Å²) in [5.74, 6) is 0. The van der Waals surface area contributed by atoms with E-state index in [2.05, 4.69) is 51.2 Å². The van der Waals surface area contributed by atoms with E-state index < -0.39 is 0 Å². The number of unbranched alkanes of at least 4 members (excludes halogenated alkanes) is 1. The molecule has 0 saturated carbocycles. The first-order valence-electron chi connectivity index (χ1n) is 6.72. The van der Waals surface area contributed by atoms with Gasteiger partial charge < -0.3 is 0 Å². The van der Waals surface area contributed by atoms with Gasteiger partial charge in [-0.15, -0.1) is 0 Å². The van der Waals surface area contributed by atoms with Crippen LogP contribution in [0.1, 0.15) is 67.7 Å². The number of allylic oxidation sites excluding steroid dienone is 6. The van der Waals surface area contributed by atoms with Crippen molar-refractivity contribution >= 4 is 0 Å². The van der Waals surface area contributed by atoms with Gasteiger partial charge in [0.25, 0.3) is 0 Å². The van der Waals surface area contributed by atoms with E-state index in [4.69, 9.17) is 0 Å². The fourth-order valence-corrected chi connectivity index (χ4v) is 0.826. The second kappa shape index (κ2) is 23.8. The highest BCUT2D eigenvalue weighted by Gasteiger charge is 1.73. The molecule has 0 amide bonds. The highest BCUT2D eigenvalue weighted by atomic mass is 13.8. The van der Waals surface area contributed by atoms with E-state index in [1.807, 2.05) is 27.7 Å². The van der Waals surface area contributed by atoms with Crippen LogP contribution >= 0.6 is 0 Å². The Bertz CT molecular complexity index is 156. The Morgan fingerprint density at radius 3 is 1.56 bits per heavy atom. The normalized spacial score (nSPS) is 9.94. The van der Waals surface area contributed by atoms with Crippen LogP contribution in [0.3, 0.4) is 0 Å². The zero-order valence-electron chi connectivity index (χ0n) is 12.5. The van der Waals surface area contributed by atoms with Crippen LogP contribution in [-0.2, 0) is 0 Å². The van der Waals surface area contributed by atoms with Crippen LogP contribution in [0.2, 0.25) is 0 Å². The number of rotatable bonds is 2. The van der Waals surface area contributed by atoms with Crippen LogP contribution in [0.15, 0.2) is 36.0 Å². The lowest BCUT2D eigenvalue weighted by Crippen LogP contribution is -1.64. The maximum Gasteiger partial charge on any atom is -0.0163 e. The SMILES string of the molecule is C1=CCC=C1.CC.CC.CCCC=C(C)C. The van der Waals surface area contributed by atoms with Gasteiger partial charge in [0.05, 0.1) is 0 Å². The molecule has 0 heterocycles. The van der Waals surface area contributed by atoms with Gasteiger partial charge in [0, 0.05) is 0 Å². The summed E-state index contributed by atoms with van der Waals surface area (Å²) in [6.07, 6.45) is 14.3. The van der Waals surface area contributed by atoms with Crippen molar-refractivity contribution in [2.75, 3.05) is 0 Å². The molecule has 0 atom stereocenters. The van der Waals surface area contributed by atoms with Crippen molar-refractivity contribution in [2.24, 2.45) is 0 Å². The largest absolute Gasteiger partial charge is 0.0859 e. The first kappa shape index (κ1) is 20.6. The molecule has 0 N–H and O–H groups in total. The summed E-state index contributed by atoms with van der Waals surface area (Å²) in [5, 5.41) is 0. The van der Waals surface area contributed by atoms with Crippen molar-refractivity contribution in [2.45, 2.75) is 67.7 Å². The molecular weight excluding hydrogens is 192 g/mol. The van der Waals surface area contributed by atoms with E-state index in [1.165, 1.54) is 18.4 Å². The molecule has 0 unspecified atom stereocenters. The molecule has 0 aliphatic heterocycles. The maximum atomic E-state index is 2.26. The summed E-state index contributed by atoms with van der Waals surface area (Å²) >= 11 is 0. The third-order valence-corrected chi connectivity index (χ3v) is 1.50. The van der Waals surface area contributed by atoms with Crippen LogP contribution < -0.4 is 0 Å². The molecule has 0 bridgehead atoms. The van der Waals surface area contributed by atoms with Crippen LogP contribution in [0.5, 0.6) is 0 Å². The third kappa shape index (κ3) is 29.2. The average molecular weight is 224 g/mol. The highest BCUT2D eigenvalue weighted by Crippen LogP contribution is 1.94. The fourth-order valence-electron chi connectivity index (χ4n) is 0.826. The Morgan fingerprint density at radius 1 is 1.00 bits per heavy atom.